The number of fused-ring (bicyclic) bond motifs is 1. The predicted molar refractivity (Wildman–Crippen MR) is 181 cm³/mol. The number of aliphatic hydroxyl groups excluding tert-OH is 1. The summed E-state index contributed by atoms with van der Waals surface area (Å²) in [5.74, 6) is -0.187. The maximum Gasteiger partial charge on any atom is 0.321 e. The van der Waals surface area contributed by atoms with Crippen LogP contribution in [0.5, 0.6) is 5.75 Å². The van der Waals surface area contributed by atoms with Gasteiger partial charge >= 0.3 is 6.03 Å². The van der Waals surface area contributed by atoms with Crippen LogP contribution in [-0.4, -0.2) is 110 Å². The molecule has 0 saturated carbocycles. The van der Waals surface area contributed by atoms with Crippen LogP contribution in [0.15, 0.2) is 48.5 Å². The van der Waals surface area contributed by atoms with Gasteiger partial charge in [-0.2, -0.15) is 0 Å². The van der Waals surface area contributed by atoms with Gasteiger partial charge in [0.2, 0.25) is 5.91 Å². The number of anilines is 2. The van der Waals surface area contributed by atoms with Gasteiger partial charge in [0.15, 0.2) is 0 Å². The maximum absolute atomic E-state index is 14.3. The normalized spacial score (nSPS) is 20.2. The zero-order valence-corrected chi connectivity index (χ0v) is 28.3. The molecule has 0 aliphatic carbocycles. The first-order valence-corrected chi connectivity index (χ1v) is 16.3. The van der Waals surface area contributed by atoms with Crippen LogP contribution in [-0.2, 0) is 9.53 Å². The van der Waals surface area contributed by atoms with E-state index >= 15 is 0 Å². The van der Waals surface area contributed by atoms with Gasteiger partial charge in [-0.3, -0.25) is 9.59 Å². The number of hydrogen-bond donors (Lipinski definition) is 3. The van der Waals surface area contributed by atoms with Crippen molar-refractivity contribution in [3.8, 4) is 5.75 Å². The molecule has 4 atom stereocenters. The van der Waals surface area contributed by atoms with Gasteiger partial charge in [-0.05, 0) is 90.5 Å². The molecule has 0 aromatic heterocycles. The van der Waals surface area contributed by atoms with Gasteiger partial charge in [-0.1, -0.05) is 25.1 Å². The van der Waals surface area contributed by atoms with E-state index in [0.29, 0.717) is 42.3 Å². The van der Waals surface area contributed by atoms with Crippen molar-refractivity contribution in [3.05, 3.63) is 54.1 Å². The Hall–Kier alpha value is -3.67. The molecule has 3 rings (SSSR count). The lowest BCUT2D eigenvalue weighted by Crippen LogP contribution is -2.48. The molecule has 4 amide bonds. The van der Waals surface area contributed by atoms with Crippen LogP contribution in [0.1, 0.15) is 63.2 Å². The highest BCUT2D eigenvalue weighted by molar-refractivity contribution is 5.99. The van der Waals surface area contributed by atoms with E-state index in [0.717, 1.165) is 32.2 Å². The third-order valence-corrected chi connectivity index (χ3v) is 8.17. The number of carbonyl (C=O) groups is 3. The van der Waals surface area contributed by atoms with E-state index in [1.54, 1.807) is 42.0 Å². The molecule has 0 saturated heterocycles. The van der Waals surface area contributed by atoms with E-state index in [9.17, 15) is 19.5 Å². The summed E-state index contributed by atoms with van der Waals surface area (Å²) >= 11 is 0. The molecule has 0 radical (unpaired) electrons. The Morgan fingerprint density at radius 2 is 1.78 bits per heavy atom. The van der Waals surface area contributed by atoms with Gasteiger partial charge in [-0.15, -0.1) is 0 Å². The second-order valence-corrected chi connectivity index (χ2v) is 12.6. The van der Waals surface area contributed by atoms with E-state index in [1.807, 2.05) is 63.2 Å². The van der Waals surface area contributed by atoms with Crippen molar-refractivity contribution < 1.29 is 29.0 Å². The van der Waals surface area contributed by atoms with E-state index in [-0.39, 0.29) is 49.1 Å². The Labute approximate surface area is 274 Å². The molecule has 0 fully saturated rings. The number of hydrogen-bond acceptors (Lipinski definition) is 7. The smallest absolute Gasteiger partial charge is 0.321 e. The maximum atomic E-state index is 14.3. The standard InChI is InChI=1S/C35H53N5O6/c1-25-22-40(26(2)24-41)34(43)30-21-29(36-33(42)16-12-19-38(4)5)17-18-31(30)46-27(3)13-10-11-20-45-32(25)23-39(6)35(44)37-28-14-8-7-9-15-28/h7-9,14-15,17-18,21,25-27,32,41H,10-13,16,19-20,22-24H2,1-6H3,(H,36,42)(H,37,44)/t25-,26+,27-,32+/m0/s1. The number of aliphatic hydroxyl groups is 1. The number of rotatable bonds is 10. The SMILES string of the molecule is C[C@H](CO)N1C[C@H](C)[C@@H](CN(C)C(=O)Nc2ccccc2)OCCCC[C@H](C)Oc2ccc(NC(=O)CCCN(C)C)cc2C1=O. The van der Waals surface area contributed by atoms with Crippen LogP contribution in [0.3, 0.4) is 0 Å². The lowest BCUT2D eigenvalue weighted by Gasteiger charge is -2.35. The second kappa shape index (κ2) is 18.5. The highest BCUT2D eigenvalue weighted by atomic mass is 16.5. The molecule has 0 spiro atoms. The minimum absolute atomic E-state index is 0.126. The number of likely N-dealkylation sites (N-methyl/N-ethyl adjacent to an activating group) is 1. The number of nitrogens with zero attached hydrogens (tertiary/aromatic N) is 3. The summed E-state index contributed by atoms with van der Waals surface area (Å²) in [4.78, 5) is 45.2. The molecule has 46 heavy (non-hydrogen) atoms. The molecule has 0 unspecified atom stereocenters. The van der Waals surface area contributed by atoms with E-state index in [4.69, 9.17) is 9.47 Å². The minimum atomic E-state index is -0.503. The van der Waals surface area contributed by atoms with Crippen LogP contribution in [0.4, 0.5) is 16.2 Å². The Balaban J connectivity index is 1.86. The lowest BCUT2D eigenvalue weighted by atomic mass is 10.0. The Morgan fingerprint density at radius 1 is 1.04 bits per heavy atom. The Bertz CT molecular complexity index is 1260. The number of nitrogens with one attached hydrogen (secondary N) is 2. The van der Waals surface area contributed by atoms with E-state index < -0.39 is 6.04 Å². The minimum Gasteiger partial charge on any atom is -0.490 e. The molecule has 2 aromatic carbocycles. The number of ether oxygens (including phenoxy) is 2. The largest absolute Gasteiger partial charge is 0.490 e. The molecule has 2 aromatic rings. The number of urea groups is 1. The Morgan fingerprint density at radius 3 is 2.48 bits per heavy atom. The summed E-state index contributed by atoms with van der Waals surface area (Å²) in [6.07, 6.45) is 3.00. The van der Waals surface area contributed by atoms with Crippen LogP contribution in [0, 0.1) is 5.92 Å². The summed E-state index contributed by atoms with van der Waals surface area (Å²) in [5, 5.41) is 16.0. The van der Waals surface area contributed by atoms with Gasteiger partial charge in [0.1, 0.15) is 5.75 Å². The van der Waals surface area contributed by atoms with E-state index in [1.165, 1.54) is 0 Å². The quantitative estimate of drug-likeness (QED) is 0.337. The van der Waals surface area contributed by atoms with E-state index in [2.05, 4.69) is 10.6 Å². The van der Waals surface area contributed by atoms with Crippen LogP contribution >= 0.6 is 0 Å². The third-order valence-electron chi connectivity index (χ3n) is 8.17. The molecule has 11 nitrogen and oxygen atoms in total. The van der Waals surface area contributed by atoms with Crippen molar-refractivity contribution in [1.82, 2.24) is 14.7 Å². The second-order valence-electron chi connectivity index (χ2n) is 12.6. The van der Waals surface area contributed by atoms with Gasteiger partial charge in [0, 0.05) is 50.5 Å². The number of para-hydroxylation sites is 1. The van der Waals surface area contributed by atoms with Gasteiger partial charge in [0.05, 0.1) is 30.4 Å². The highest BCUT2D eigenvalue weighted by Gasteiger charge is 2.31. The molecule has 1 aliphatic heterocycles. The summed E-state index contributed by atoms with van der Waals surface area (Å²) in [6.45, 7) is 7.42. The molecular formula is C35H53N5O6. The number of benzene rings is 2. The summed E-state index contributed by atoms with van der Waals surface area (Å²) in [5.41, 5.74) is 1.53. The van der Waals surface area contributed by atoms with Crippen molar-refractivity contribution >= 4 is 29.2 Å². The van der Waals surface area contributed by atoms with Crippen LogP contribution < -0.4 is 15.4 Å². The molecule has 11 heteroatoms. The third kappa shape index (κ3) is 11.6. The van der Waals surface area contributed by atoms with Crippen molar-refractivity contribution in [2.24, 2.45) is 5.92 Å². The average molecular weight is 640 g/mol. The zero-order valence-electron chi connectivity index (χ0n) is 28.3. The van der Waals surface area contributed by atoms with Crippen molar-refractivity contribution in [2.75, 3.05) is 64.6 Å². The fraction of sp³-hybridized carbons (Fsp3) is 0.571. The fourth-order valence-electron chi connectivity index (χ4n) is 5.34. The molecule has 254 valence electrons. The summed E-state index contributed by atoms with van der Waals surface area (Å²) in [6, 6.07) is 13.7. The fourth-order valence-corrected chi connectivity index (χ4v) is 5.34. The Kier molecular flexibility index (Phi) is 14.8. The lowest BCUT2D eigenvalue weighted by molar-refractivity contribution is -0.116. The molecule has 1 heterocycles. The molecule has 0 bridgehead atoms. The molecular weight excluding hydrogens is 586 g/mol. The van der Waals surface area contributed by atoms with Gasteiger partial charge in [-0.25, -0.2) is 4.79 Å². The number of carbonyl (C=O) groups excluding carboxylic acids is 3. The topological polar surface area (TPSA) is 124 Å². The zero-order chi connectivity index (χ0) is 33.6. The number of amides is 4. The first kappa shape index (κ1) is 36.8. The van der Waals surface area contributed by atoms with Gasteiger partial charge in [0.25, 0.3) is 5.91 Å². The van der Waals surface area contributed by atoms with Crippen LogP contribution in [0.2, 0.25) is 0 Å². The van der Waals surface area contributed by atoms with Crippen LogP contribution in [0.25, 0.3) is 0 Å². The summed E-state index contributed by atoms with van der Waals surface area (Å²) < 4.78 is 12.6. The monoisotopic (exact) mass is 639 g/mol. The van der Waals surface area contributed by atoms with Crippen molar-refractivity contribution in [2.45, 2.75) is 71.1 Å². The first-order chi connectivity index (χ1) is 22.0. The highest BCUT2D eigenvalue weighted by Crippen LogP contribution is 2.28. The van der Waals surface area contributed by atoms with Crippen molar-refractivity contribution in [1.29, 1.82) is 0 Å². The molecule has 3 N–H and O–H groups in total. The average Bonchev–Trinajstić information content (AvgIpc) is 3.02. The van der Waals surface area contributed by atoms with Crippen molar-refractivity contribution in [3.63, 3.8) is 0 Å². The first-order valence-electron chi connectivity index (χ1n) is 16.3. The predicted octanol–water partition coefficient (Wildman–Crippen LogP) is 4.93. The summed E-state index contributed by atoms with van der Waals surface area (Å²) in [7, 11) is 5.66. The molecule has 1 aliphatic rings. The van der Waals surface area contributed by atoms with Gasteiger partial charge < -0.3 is 39.9 Å².